The Labute approximate surface area is 125 Å². The molecule has 0 saturated heterocycles. The summed E-state index contributed by atoms with van der Waals surface area (Å²) in [5, 5.41) is 3.14. The second kappa shape index (κ2) is 5.88. The van der Waals surface area contributed by atoms with Gasteiger partial charge in [-0.15, -0.1) is 0 Å². The molecule has 1 saturated carbocycles. The van der Waals surface area contributed by atoms with Crippen molar-refractivity contribution < 1.29 is 9.59 Å². The molecular formula is C17H22N2O2. The van der Waals surface area contributed by atoms with Gasteiger partial charge in [-0.1, -0.05) is 31.0 Å². The Hall–Kier alpha value is -1.84. The predicted molar refractivity (Wildman–Crippen MR) is 82.2 cm³/mol. The summed E-state index contributed by atoms with van der Waals surface area (Å²) in [6, 6.07) is 8.27. The largest absolute Gasteiger partial charge is 0.353 e. The van der Waals surface area contributed by atoms with Crippen LogP contribution in [0.1, 0.15) is 50.5 Å². The van der Waals surface area contributed by atoms with Crippen LogP contribution in [0.3, 0.4) is 0 Å². The van der Waals surface area contributed by atoms with Gasteiger partial charge in [0.15, 0.2) is 0 Å². The molecule has 1 aromatic carbocycles. The van der Waals surface area contributed by atoms with E-state index >= 15 is 0 Å². The number of para-hydroxylation sites is 1. The molecule has 1 atom stereocenters. The van der Waals surface area contributed by atoms with Gasteiger partial charge in [-0.2, -0.15) is 0 Å². The number of anilines is 1. The fraction of sp³-hybridized carbons (Fsp3) is 0.529. The summed E-state index contributed by atoms with van der Waals surface area (Å²) in [6.07, 6.45) is 5.11. The molecule has 0 spiro atoms. The lowest BCUT2D eigenvalue weighted by Crippen LogP contribution is -2.34. The van der Waals surface area contributed by atoms with Crippen molar-refractivity contribution in [3.8, 4) is 0 Å². The Balaban J connectivity index is 1.68. The maximum Gasteiger partial charge on any atom is 0.223 e. The van der Waals surface area contributed by atoms with Crippen LogP contribution < -0.4 is 10.2 Å². The van der Waals surface area contributed by atoms with Crippen LogP contribution in [-0.2, 0) is 9.59 Å². The highest BCUT2D eigenvalue weighted by Gasteiger charge is 2.32. The number of benzene rings is 1. The molecule has 1 aliphatic heterocycles. The zero-order valence-corrected chi connectivity index (χ0v) is 12.5. The summed E-state index contributed by atoms with van der Waals surface area (Å²) in [7, 11) is 0. The molecule has 21 heavy (non-hydrogen) atoms. The molecule has 2 aliphatic rings. The van der Waals surface area contributed by atoms with Crippen LogP contribution in [0.15, 0.2) is 24.3 Å². The molecule has 3 rings (SSSR count). The Kier molecular flexibility index (Phi) is 3.95. The summed E-state index contributed by atoms with van der Waals surface area (Å²) in [5.74, 6) is 0.278. The van der Waals surface area contributed by atoms with Crippen molar-refractivity contribution in [3.63, 3.8) is 0 Å². The highest BCUT2D eigenvalue weighted by molar-refractivity contribution is 5.94. The van der Waals surface area contributed by atoms with Gasteiger partial charge in [0.25, 0.3) is 0 Å². The smallest absolute Gasteiger partial charge is 0.223 e. The predicted octanol–water partition coefficient (Wildman–Crippen LogP) is 2.59. The lowest BCUT2D eigenvalue weighted by Gasteiger charge is -2.16. The van der Waals surface area contributed by atoms with Gasteiger partial charge in [0.1, 0.15) is 0 Å². The molecule has 0 bridgehead atoms. The molecule has 4 nitrogen and oxygen atoms in total. The van der Waals surface area contributed by atoms with Gasteiger partial charge >= 0.3 is 0 Å². The molecule has 0 aromatic heterocycles. The number of rotatable bonds is 3. The number of amides is 2. The van der Waals surface area contributed by atoms with E-state index in [9.17, 15) is 9.59 Å². The molecule has 1 aliphatic carbocycles. The van der Waals surface area contributed by atoms with E-state index in [1.54, 1.807) is 11.8 Å². The minimum absolute atomic E-state index is 0.0427. The summed E-state index contributed by atoms with van der Waals surface area (Å²) in [6.45, 7) is 2.20. The fourth-order valence-electron chi connectivity index (χ4n) is 3.55. The average Bonchev–Trinajstić information content (AvgIpc) is 3.07. The first-order chi connectivity index (χ1) is 10.1. The quantitative estimate of drug-likeness (QED) is 0.928. The van der Waals surface area contributed by atoms with Crippen LogP contribution in [0.25, 0.3) is 0 Å². The Morgan fingerprint density at radius 2 is 1.95 bits per heavy atom. The van der Waals surface area contributed by atoms with E-state index < -0.39 is 0 Å². The Morgan fingerprint density at radius 3 is 2.67 bits per heavy atom. The normalized spacial score (nSPS) is 21.4. The molecule has 1 unspecified atom stereocenters. The van der Waals surface area contributed by atoms with Gasteiger partial charge in [0, 0.05) is 37.5 Å². The highest BCUT2D eigenvalue weighted by Crippen LogP contribution is 2.37. The highest BCUT2D eigenvalue weighted by atomic mass is 16.2. The van der Waals surface area contributed by atoms with E-state index in [2.05, 4.69) is 5.32 Å². The van der Waals surface area contributed by atoms with Crippen molar-refractivity contribution in [2.24, 2.45) is 0 Å². The van der Waals surface area contributed by atoms with Gasteiger partial charge in [-0.25, -0.2) is 0 Å². The fourth-order valence-corrected chi connectivity index (χ4v) is 3.55. The second-order valence-corrected chi connectivity index (χ2v) is 6.14. The first kappa shape index (κ1) is 14.1. The number of carbonyl (C=O) groups is 2. The van der Waals surface area contributed by atoms with Crippen LogP contribution in [0.2, 0.25) is 0 Å². The van der Waals surface area contributed by atoms with Crippen molar-refractivity contribution in [3.05, 3.63) is 29.8 Å². The standard InChI is InChI=1S/C17H22N2O2/c1-12(20)19-11-13(15-8-4-5-9-16(15)19)10-17(21)18-14-6-2-3-7-14/h4-5,8-9,13-14H,2-3,6-7,10-11H2,1H3,(H,18,21). The van der Waals surface area contributed by atoms with Crippen molar-refractivity contribution >= 4 is 17.5 Å². The maximum atomic E-state index is 12.2. The molecule has 1 heterocycles. The Morgan fingerprint density at radius 1 is 1.24 bits per heavy atom. The first-order valence-corrected chi connectivity index (χ1v) is 7.81. The van der Waals surface area contributed by atoms with E-state index in [0.29, 0.717) is 19.0 Å². The number of hydrogen-bond donors (Lipinski definition) is 1. The van der Waals surface area contributed by atoms with Crippen molar-refractivity contribution in [1.82, 2.24) is 5.32 Å². The van der Waals surface area contributed by atoms with E-state index in [1.165, 1.54) is 12.8 Å². The number of carbonyl (C=O) groups excluding carboxylic acids is 2. The van der Waals surface area contributed by atoms with E-state index in [1.807, 2.05) is 24.3 Å². The molecule has 1 N–H and O–H groups in total. The lowest BCUT2D eigenvalue weighted by molar-refractivity contribution is -0.122. The van der Waals surface area contributed by atoms with Crippen LogP contribution in [0, 0.1) is 0 Å². The molecule has 1 aromatic rings. The Bertz CT molecular complexity index is 549. The van der Waals surface area contributed by atoms with Gasteiger partial charge < -0.3 is 10.2 Å². The SMILES string of the molecule is CC(=O)N1CC(CC(=O)NC2CCCC2)c2ccccc21. The second-order valence-electron chi connectivity index (χ2n) is 6.14. The molecule has 112 valence electrons. The van der Waals surface area contributed by atoms with Crippen LogP contribution >= 0.6 is 0 Å². The monoisotopic (exact) mass is 286 g/mol. The summed E-state index contributed by atoms with van der Waals surface area (Å²) < 4.78 is 0. The number of nitrogens with zero attached hydrogens (tertiary/aromatic N) is 1. The van der Waals surface area contributed by atoms with Crippen LogP contribution in [-0.4, -0.2) is 24.4 Å². The summed E-state index contributed by atoms with van der Waals surface area (Å²) in [4.78, 5) is 25.8. The number of fused-ring (bicyclic) bond motifs is 1. The molecule has 2 amide bonds. The van der Waals surface area contributed by atoms with Gasteiger partial charge in [-0.05, 0) is 24.5 Å². The zero-order chi connectivity index (χ0) is 14.8. The maximum absolute atomic E-state index is 12.2. The van der Waals surface area contributed by atoms with Crippen LogP contribution in [0.4, 0.5) is 5.69 Å². The minimum atomic E-state index is 0.0427. The average molecular weight is 286 g/mol. The number of nitrogens with one attached hydrogen (secondary N) is 1. The van der Waals surface area contributed by atoms with Crippen LogP contribution in [0.5, 0.6) is 0 Å². The molecular weight excluding hydrogens is 264 g/mol. The minimum Gasteiger partial charge on any atom is -0.353 e. The first-order valence-electron chi connectivity index (χ1n) is 7.81. The van der Waals surface area contributed by atoms with Crippen molar-refractivity contribution in [2.45, 2.75) is 51.0 Å². The third-order valence-corrected chi connectivity index (χ3v) is 4.60. The van der Waals surface area contributed by atoms with Crippen molar-refractivity contribution in [2.75, 3.05) is 11.4 Å². The van der Waals surface area contributed by atoms with E-state index in [0.717, 1.165) is 24.1 Å². The van der Waals surface area contributed by atoms with Gasteiger partial charge in [0.2, 0.25) is 11.8 Å². The third-order valence-electron chi connectivity index (χ3n) is 4.60. The van der Waals surface area contributed by atoms with Gasteiger partial charge in [-0.3, -0.25) is 9.59 Å². The zero-order valence-electron chi connectivity index (χ0n) is 12.5. The topological polar surface area (TPSA) is 49.4 Å². The molecule has 0 radical (unpaired) electrons. The molecule has 1 fully saturated rings. The molecule has 4 heteroatoms. The van der Waals surface area contributed by atoms with Gasteiger partial charge in [0.05, 0.1) is 0 Å². The van der Waals surface area contributed by atoms with Crippen molar-refractivity contribution in [1.29, 1.82) is 0 Å². The third kappa shape index (κ3) is 2.94. The summed E-state index contributed by atoms with van der Waals surface area (Å²) >= 11 is 0. The summed E-state index contributed by atoms with van der Waals surface area (Å²) in [5.41, 5.74) is 2.08. The lowest BCUT2D eigenvalue weighted by atomic mass is 9.97. The van der Waals surface area contributed by atoms with E-state index in [-0.39, 0.29) is 17.7 Å². The van der Waals surface area contributed by atoms with E-state index in [4.69, 9.17) is 0 Å². The number of hydrogen-bond acceptors (Lipinski definition) is 2.